The zero-order chi connectivity index (χ0) is 18.2. The number of urea groups is 1. The summed E-state index contributed by atoms with van der Waals surface area (Å²) in [5.41, 5.74) is 1.19. The number of nitrogens with zero attached hydrogens (tertiary/aromatic N) is 3. The molecule has 0 unspecified atom stereocenters. The van der Waals surface area contributed by atoms with Gasteiger partial charge in [0.15, 0.2) is 0 Å². The standard InChI is InChI=1S/C18H26BN3O3/c1-17(2)18(3,4)25-19(24-17)9-8-14-6-7-15(20-12-14)13-22-11-10-21(5)16(22)23/h6-9,12H,10-11,13H2,1-5H3/b9-8+. The second-order valence-corrected chi connectivity index (χ2v) is 7.69. The van der Waals surface area contributed by atoms with Crippen LogP contribution in [0.5, 0.6) is 0 Å². The molecule has 0 aromatic carbocycles. The van der Waals surface area contributed by atoms with Crippen molar-refractivity contribution in [1.82, 2.24) is 14.8 Å². The van der Waals surface area contributed by atoms with E-state index in [-0.39, 0.29) is 24.4 Å². The van der Waals surface area contributed by atoms with Crippen LogP contribution in [0.2, 0.25) is 0 Å². The SMILES string of the molecule is CN1CCN(Cc2ccc(/C=C/B3OC(C)(C)C(C)(C)O3)cn2)C1=O. The first-order chi connectivity index (χ1) is 11.7. The zero-order valence-corrected chi connectivity index (χ0v) is 15.7. The predicted octanol–water partition coefficient (Wildman–Crippen LogP) is 2.59. The Kier molecular flexibility index (Phi) is 4.64. The minimum Gasteiger partial charge on any atom is -0.400 e. The lowest BCUT2D eigenvalue weighted by atomic mass is 9.89. The van der Waals surface area contributed by atoms with E-state index < -0.39 is 0 Å². The maximum Gasteiger partial charge on any atom is 0.487 e. The van der Waals surface area contributed by atoms with Gasteiger partial charge in [0.1, 0.15) is 0 Å². The molecule has 1 aromatic rings. The summed E-state index contributed by atoms with van der Waals surface area (Å²) in [7, 11) is 1.46. The third-order valence-corrected chi connectivity index (χ3v) is 5.22. The van der Waals surface area contributed by atoms with Crippen molar-refractivity contribution in [2.45, 2.75) is 45.4 Å². The highest BCUT2D eigenvalue weighted by atomic mass is 16.7. The summed E-state index contributed by atoms with van der Waals surface area (Å²) >= 11 is 0. The molecular formula is C18H26BN3O3. The van der Waals surface area contributed by atoms with Gasteiger partial charge in [-0.2, -0.15) is 0 Å². The van der Waals surface area contributed by atoms with Gasteiger partial charge in [-0.3, -0.25) is 4.98 Å². The summed E-state index contributed by atoms with van der Waals surface area (Å²) < 4.78 is 11.9. The first kappa shape index (κ1) is 18.0. The lowest BCUT2D eigenvalue weighted by molar-refractivity contribution is 0.00578. The molecular weight excluding hydrogens is 317 g/mol. The Balaban J connectivity index is 1.59. The van der Waals surface area contributed by atoms with Crippen LogP contribution in [0.15, 0.2) is 24.3 Å². The van der Waals surface area contributed by atoms with Crippen molar-refractivity contribution < 1.29 is 14.1 Å². The average molecular weight is 343 g/mol. The van der Waals surface area contributed by atoms with E-state index in [1.807, 2.05) is 63.8 Å². The molecule has 0 N–H and O–H groups in total. The molecule has 25 heavy (non-hydrogen) atoms. The van der Waals surface area contributed by atoms with Gasteiger partial charge in [-0.1, -0.05) is 18.1 Å². The Morgan fingerprint density at radius 2 is 1.88 bits per heavy atom. The van der Waals surface area contributed by atoms with Crippen molar-refractivity contribution in [3.05, 3.63) is 35.6 Å². The Morgan fingerprint density at radius 1 is 1.20 bits per heavy atom. The smallest absolute Gasteiger partial charge is 0.400 e. The van der Waals surface area contributed by atoms with Crippen molar-refractivity contribution >= 4 is 19.2 Å². The molecule has 2 fully saturated rings. The Hall–Kier alpha value is -1.86. The van der Waals surface area contributed by atoms with Crippen LogP contribution in [0.4, 0.5) is 4.79 Å². The first-order valence-electron chi connectivity index (χ1n) is 8.67. The average Bonchev–Trinajstić information content (AvgIpc) is 2.96. The van der Waals surface area contributed by atoms with Gasteiger partial charge >= 0.3 is 13.1 Å². The Bertz CT molecular complexity index is 657. The molecule has 0 aliphatic carbocycles. The number of amides is 2. The molecule has 2 saturated heterocycles. The van der Waals surface area contributed by atoms with Crippen molar-refractivity contribution in [2.75, 3.05) is 20.1 Å². The van der Waals surface area contributed by atoms with E-state index in [1.165, 1.54) is 0 Å². The zero-order valence-electron chi connectivity index (χ0n) is 15.7. The number of hydrogen-bond donors (Lipinski definition) is 0. The lowest BCUT2D eigenvalue weighted by Crippen LogP contribution is -2.41. The molecule has 2 aliphatic rings. The van der Waals surface area contributed by atoms with Gasteiger partial charge in [-0.25, -0.2) is 4.79 Å². The van der Waals surface area contributed by atoms with Gasteiger partial charge in [0.25, 0.3) is 0 Å². The topological polar surface area (TPSA) is 54.9 Å². The fourth-order valence-electron chi connectivity index (χ4n) is 2.83. The summed E-state index contributed by atoms with van der Waals surface area (Å²) in [5.74, 6) is 1.91. The molecule has 0 radical (unpaired) electrons. The van der Waals surface area contributed by atoms with Gasteiger partial charge in [0.05, 0.1) is 23.4 Å². The highest BCUT2D eigenvalue weighted by molar-refractivity contribution is 6.52. The molecule has 0 spiro atoms. The van der Waals surface area contributed by atoms with E-state index in [0.29, 0.717) is 6.54 Å². The normalized spacial score (nSPS) is 22.4. The number of pyridine rings is 1. The van der Waals surface area contributed by atoms with E-state index in [0.717, 1.165) is 24.3 Å². The maximum absolute atomic E-state index is 11.9. The number of likely N-dealkylation sites (N-methyl/N-ethyl adjacent to an activating group) is 1. The van der Waals surface area contributed by atoms with Crippen molar-refractivity contribution in [3.63, 3.8) is 0 Å². The lowest BCUT2D eigenvalue weighted by Gasteiger charge is -2.32. The third-order valence-electron chi connectivity index (χ3n) is 5.22. The fourth-order valence-corrected chi connectivity index (χ4v) is 2.83. The number of rotatable bonds is 4. The number of hydrogen-bond acceptors (Lipinski definition) is 4. The molecule has 2 amide bonds. The Morgan fingerprint density at radius 3 is 2.40 bits per heavy atom. The Labute approximate surface area is 149 Å². The highest BCUT2D eigenvalue weighted by Gasteiger charge is 2.49. The monoisotopic (exact) mass is 343 g/mol. The van der Waals surface area contributed by atoms with E-state index in [1.54, 1.807) is 11.1 Å². The van der Waals surface area contributed by atoms with Crippen LogP contribution in [-0.4, -0.2) is 59.3 Å². The van der Waals surface area contributed by atoms with Crippen molar-refractivity contribution in [3.8, 4) is 0 Å². The van der Waals surface area contributed by atoms with Gasteiger partial charge in [-0.05, 0) is 39.3 Å². The third kappa shape index (κ3) is 3.72. The summed E-state index contributed by atoms with van der Waals surface area (Å²) in [6, 6.07) is 4.01. The molecule has 1 aromatic heterocycles. The van der Waals surface area contributed by atoms with E-state index in [2.05, 4.69) is 4.98 Å². The van der Waals surface area contributed by atoms with Crippen molar-refractivity contribution in [1.29, 1.82) is 0 Å². The number of aromatic nitrogens is 1. The van der Waals surface area contributed by atoms with Crippen molar-refractivity contribution in [2.24, 2.45) is 0 Å². The number of carbonyl (C=O) groups excluding carboxylic acids is 1. The van der Waals surface area contributed by atoms with Gasteiger partial charge in [0.2, 0.25) is 0 Å². The van der Waals surface area contributed by atoms with E-state index in [4.69, 9.17) is 9.31 Å². The predicted molar refractivity (Wildman–Crippen MR) is 97.8 cm³/mol. The van der Waals surface area contributed by atoms with Crippen LogP contribution < -0.4 is 0 Å². The van der Waals surface area contributed by atoms with E-state index >= 15 is 0 Å². The molecule has 7 heteroatoms. The summed E-state index contributed by atoms with van der Waals surface area (Å²) in [6.45, 7) is 10.2. The molecule has 3 rings (SSSR count). The number of carbonyl (C=O) groups is 1. The van der Waals surface area contributed by atoms with Crippen LogP contribution >= 0.6 is 0 Å². The molecule has 6 nitrogen and oxygen atoms in total. The second kappa shape index (κ2) is 6.46. The molecule has 0 atom stereocenters. The van der Waals surface area contributed by atoms with Crippen LogP contribution in [0.25, 0.3) is 6.08 Å². The van der Waals surface area contributed by atoms with Crippen LogP contribution in [0.3, 0.4) is 0 Å². The van der Waals surface area contributed by atoms with Gasteiger partial charge in [-0.15, -0.1) is 0 Å². The maximum atomic E-state index is 11.9. The van der Waals surface area contributed by atoms with Gasteiger partial charge < -0.3 is 19.1 Å². The van der Waals surface area contributed by atoms with Crippen LogP contribution in [0, 0.1) is 0 Å². The summed E-state index contributed by atoms with van der Waals surface area (Å²) in [6.07, 6.45) is 3.76. The molecule has 2 aliphatic heterocycles. The second-order valence-electron chi connectivity index (χ2n) is 7.69. The van der Waals surface area contributed by atoms with Crippen LogP contribution in [-0.2, 0) is 15.9 Å². The molecule has 134 valence electrons. The van der Waals surface area contributed by atoms with Gasteiger partial charge in [0, 0.05) is 26.3 Å². The first-order valence-corrected chi connectivity index (χ1v) is 8.67. The minimum atomic E-state index is -0.359. The fraction of sp³-hybridized carbons (Fsp3) is 0.556. The summed E-state index contributed by atoms with van der Waals surface area (Å²) in [4.78, 5) is 19.9. The molecule has 3 heterocycles. The largest absolute Gasteiger partial charge is 0.487 e. The molecule has 0 bridgehead atoms. The van der Waals surface area contributed by atoms with E-state index in [9.17, 15) is 4.79 Å². The summed E-state index contributed by atoms with van der Waals surface area (Å²) in [5, 5.41) is 0. The quantitative estimate of drug-likeness (QED) is 0.789. The van der Waals surface area contributed by atoms with Crippen LogP contribution in [0.1, 0.15) is 39.0 Å². The molecule has 0 saturated carbocycles. The minimum absolute atomic E-state index is 0.0616. The highest BCUT2D eigenvalue weighted by Crippen LogP contribution is 2.37.